The van der Waals surface area contributed by atoms with E-state index < -0.39 is 11.4 Å². The van der Waals surface area contributed by atoms with E-state index in [1.165, 1.54) is 0 Å². The predicted octanol–water partition coefficient (Wildman–Crippen LogP) is 2.89. The Bertz CT molecular complexity index is 560. The van der Waals surface area contributed by atoms with Crippen molar-refractivity contribution in [2.45, 2.75) is 44.1 Å². The summed E-state index contributed by atoms with van der Waals surface area (Å²) in [5.41, 5.74) is 0.806. The molecule has 1 N–H and O–H groups in total. The van der Waals surface area contributed by atoms with E-state index in [1.807, 2.05) is 12.1 Å². The molecular formula is C17H22O5. The second kappa shape index (κ2) is 6.16. The number of ether oxygens (including phenoxy) is 3. The highest BCUT2D eigenvalue weighted by Crippen LogP contribution is 2.48. The topological polar surface area (TPSA) is 65.0 Å². The summed E-state index contributed by atoms with van der Waals surface area (Å²) in [6.07, 6.45) is 4.27. The number of rotatable bonds is 4. The molecule has 1 aliphatic carbocycles. The van der Waals surface area contributed by atoms with Crippen molar-refractivity contribution < 1.29 is 24.1 Å². The summed E-state index contributed by atoms with van der Waals surface area (Å²) in [5.74, 6) is 0.491. The Morgan fingerprint density at radius 3 is 2.50 bits per heavy atom. The number of carboxylic acids is 1. The van der Waals surface area contributed by atoms with Crippen LogP contribution < -0.4 is 9.47 Å². The van der Waals surface area contributed by atoms with Gasteiger partial charge in [-0.25, -0.2) is 0 Å². The minimum Gasteiger partial charge on any atom is -0.486 e. The van der Waals surface area contributed by atoms with E-state index in [0.29, 0.717) is 44.2 Å². The van der Waals surface area contributed by atoms with Crippen LogP contribution in [0.5, 0.6) is 11.5 Å². The van der Waals surface area contributed by atoms with Gasteiger partial charge in [0, 0.05) is 18.2 Å². The zero-order valence-electron chi connectivity index (χ0n) is 12.9. The molecule has 1 aromatic carbocycles. The van der Waals surface area contributed by atoms with Gasteiger partial charge < -0.3 is 19.3 Å². The van der Waals surface area contributed by atoms with Gasteiger partial charge in [-0.3, -0.25) is 4.79 Å². The predicted molar refractivity (Wildman–Crippen MR) is 80.5 cm³/mol. The lowest BCUT2D eigenvalue weighted by molar-refractivity contribution is -0.145. The zero-order chi connectivity index (χ0) is 15.6. The van der Waals surface area contributed by atoms with Crippen molar-refractivity contribution in [3.63, 3.8) is 0 Å². The highest BCUT2D eigenvalue weighted by molar-refractivity contribution is 5.83. The molecule has 1 saturated carbocycles. The number of hydrogen-bond acceptors (Lipinski definition) is 4. The van der Waals surface area contributed by atoms with Gasteiger partial charge >= 0.3 is 5.97 Å². The van der Waals surface area contributed by atoms with Crippen LogP contribution in [-0.4, -0.2) is 31.4 Å². The number of fused-ring (bicyclic) bond motifs is 1. The van der Waals surface area contributed by atoms with Gasteiger partial charge in [-0.15, -0.1) is 0 Å². The molecule has 0 saturated heterocycles. The van der Waals surface area contributed by atoms with Gasteiger partial charge in [0.1, 0.15) is 13.2 Å². The summed E-state index contributed by atoms with van der Waals surface area (Å²) in [6, 6.07) is 3.80. The molecule has 0 radical (unpaired) electrons. The van der Waals surface area contributed by atoms with E-state index >= 15 is 0 Å². The normalized spacial score (nSPS) is 19.7. The fourth-order valence-electron chi connectivity index (χ4n) is 3.59. The second-order valence-corrected chi connectivity index (χ2v) is 6.01. The number of methoxy groups -OCH3 is 1. The number of aliphatic carboxylic acids is 1. The van der Waals surface area contributed by atoms with E-state index in [2.05, 4.69) is 0 Å². The van der Waals surface area contributed by atoms with Crippen molar-refractivity contribution in [1.82, 2.24) is 0 Å². The minimum absolute atomic E-state index is 0.423. The maximum Gasteiger partial charge on any atom is 0.314 e. The van der Waals surface area contributed by atoms with Crippen LogP contribution in [0.2, 0.25) is 0 Å². The average molecular weight is 306 g/mol. The first-order valence-corrected chi connectivity index (χ1v) is 7.83. The van der Waals surface area contributed by atoms with Crippen molar-refractivity contribution in [2.75, 3.05) is 20.3 Å². The van der Waals surface area contributed by atoms with Crippen LogP contribution in [-0.2, 0) is 21.6 Å². The van der Waals surface area contributed by atoms with Crippen LogP contribution in [0.15, 0.2) is 12.1 Å². The third-order valence-corrected chi connectivity index (χ3v) is 4.70. The van der Waals surface area contributed by atoms with Gasteiger partial charge in [-0.05, 0) is 12.8 Å². The lowest BCUT2D eigenvalue weighted by atomic mass is 9.69. The van der Waals surface area contributed by atoms with Crippen molar-refractivity contribution >= 4 is 5.97 Å². The van der Waals surface area contributed by atoms with E-state index in [1.54, 1.807) is 7.11 Å². The zero-order valence-corrected chi connectivity index (χ0v) is 12.9. The Morgan fingerprint density at radius 1 is 1.18 bits per heavy atom. The van der Waals surface area contributed by atoms with Gasteiger partial charge in [0.05, 0.1) is 12.0 Å². The number of benzene rings is 1. The molecule has 5 nitrogen and oxygen atoms in total. The summed E-state index contributed by atoms with van der Waals surface area (Å²) < 4.78 is 16.8. The maximum atomic E-state index is 12.1. The average Bonchev–Trinajstić information content (AvgIpc) is 2.56. The number of hydrogen-bond donors (Lipinski definition) is 1. The first-order valence-electron chi connectivity index (χ1n) is 7.83. The smallest absolute Gasteiger partial charge is 0.314 e. The van der Waals surface area contributed by atoms with Gasteiger partial charge in [-0.1, -0.05) is 31.4 Å². The van der Waals surface area contributed by atoms with Crippen molar-refractivity contribution in [1.29, 1.82) is 0 Å². The summed E-state index contributed by atoms with van der Waals surface area (Å²) in [5, 5.41) is 9.90. The largest absolute Gasteiger partial charge is 0.486 e. The monoisotopic (exact) mass is 306 g/mol. The molecule has 1 heterocycles. The van der Waals surface area contributed by atoms with Gasteiger partial charge in [0.2, 0.25) is 0 Å². The molecule has 5 heteroatoms. The van der Waals surface area contributed by atoms with Crippen molar-refractivity contribution in [3.8, 4) is 11.5 Å². The molecule has 0 unspecified atom stereocenters. The third-order valence-electron chi connectivity index (χ3n) is 4.70. The molecule has 22 heavy (non-hydrogen) atoms. The molecule has 0 aromatic heterocycles. The number of carboxylic acid groups (broad SMARTS) is 1. The fraction of sp³-hybridized carbons (Fsp3) is 0.588. The Morgan fingerprint density at radius 2 is 1.86 bits per heavy atom. The fourth-order valence-corrected chi connectivity index (χ4v) is 3.59. The molecule has 0 atom stereocenters. The quantitative estimate of drug-likeness (QED) is 0.926. The molecule has 0 amide bonds. The Labute approximate surface area is 130 Å². The molecule has 2 aliphatic rings. The van der Waals surface area contributed by atoms with Gasteiger partial charge in [0.25, 0.3) is 0 Å². The van der Waals surface area contributed by atoms with E-state index in [9.17, 15) is 9.90 Å². The Kier molecular flexibility index (Phi) is 4.25. The molecule has 3 rings (SSSR count). The molecule has 1 fully saturated rings. The van der Waals surface area contributed by atoms with Crippen LogP contribution in [0.3, 0.4) is 0 Å². The van der Waals surface area contributed by atoms with Crippen LogP contribution in [0.4, 0.5) is 0 Å². The maximum absolute atomic E-state index is 12.1. The Hall–Kier alpha value is -1.75. The summed E-state index contributed by atoms with van der Waals surface area (Å²) in [6.45, 7) is 1.35. The Balaban J connectivity index is 2.11. The van der Waals surface area contributed by atoms with Crippen LogP contribution in [0.1, 0.15) is 43.2 Å². The molecule has 0 spiro atoms. The highest BCUT2D eigenvalue weighted by Gasteiger charge is 2.44. The lowest BCUT2D eigenvalue weighted by Gasteiger charge is -2.36. The standard InChI is InChI=1S/C17H22O5/c1-20-11-12-5-6-13(15-14(12)21-9-10-22-15)17(16(18)19)7-3-2-4-8-17/h5-6H,2-4,7-11H2,1H3,(H,18,19). The molecule has 120 valence electrons. The first-order chi connectivity index (χ1) is 10.7. The SMILES string of the molecule is COCc1ccc(C2(C(=O)O)CCCCC2)c2c1OCCO2. The van der Waals surface area contributed by atoms with Gasteiger partial charge in [0.15, 0.2) is 11.5 Å². The van der Waals surface area contributed by atoms with Crippen molar-refractivity contribution in [3.05, 3.63) is 23.3 Å². The van der Waals surface area contributed by atoms with E-state index in [-0.39, 0.29) is 0 Å². The third kappa shape index (κ3) is 2.43. The van der Waals surface area contributed by atoms with Crippen LogP contribution >= 0.6 is 0 Å². The van der Waals surface area contributed by atoms with E-state index in [4.69, 9.17) is 14.2 Å². The lowest BCUT2D eigenvalue weighted by Crippen LogP contribution is -2.38. The minimum atomic E-state index is -0.853. The van der Waals surface area contributed by atoms with E-state index in [0.717, 1.165) is 30.4 Å². The summed E-state index contributed by atoms with van der Waals surface area (Å²) in [4.78, 5) is 12.1. The molecule has 0 bridgehead atoms. The second-order valence-electron chi connectivity index (χ2n) is 6.01. The van der Waals surface area contributed by atoms with Gasteiger partial charge in [-0.2, -0.15) is 0 Å². The summed E-state index contributed by atoms with van der Waals surface area (Å²) >= 11 is 0. The van der Waals surface area contributed by atoms with Crippen molar-refractivity contribution in [2.24, 2.45) is 0 Å². The summed E-state index contributed by atoms with van der Waals surface area (Å²) in [7, 11) is 1.63. The molecule has 1 aromatic rings. The van der Waals surface area contributed by atoms with Crippen LogP contribution in [0.25, 0.3) is 0 Å². The van der Waals surface area contributed by atoms with Crippen LogP contribution in [0, 0.1) is 0 Å². The first kappa shape index (κ1) is 15.2. The molecule has 1 aliphatic heterocycles. The number of carbonyl (C=O) groups is 1. The molecular weight excluding hydrogens is 284 g/mol. The highest BCUT2D eigenvalue weighted by atomic mass is 16.6.